The number of rotatable bonds is 1. The molecule has 14 heavy (non-hydrogen) atoms. The molecule has 0 bridgehead atoms. The van der Waals surface area contributed by atoms with E-state index in [4.69, 9.17) is 9.84 Å². The highest BCUT2D eigenvalue weighted by atomic mass is 16.5. The fraction of sp³-hybridized carbons (Fsp3) is 0.444. The van der Waals surface area contributed by atoms with E-state index >= 15 is 0 Å². The molecule has 0 spiro atoms. The molecular weight excluding hydrogens is 184 g/mol. The standard InChI is InChI=1S/C9H10N2O3/c1-5-10-7-2-3-14-4-6(7)8(11-5)9(12)13/h2-4H2,1H3,(H,12,13). The molecule has 0 amide bonds. The maximum Gasteiger partial charge on any atom is 0.355 e. The first-order valence-corrected chi connectivity index (χ1v) is 4.36. The van der Waals surface area contributed by atoms with Crippen LogP contribution in [0.25, 0.3) is 0 Å². The lowest BCUT2D eigenvalue weighted by molar-refractivity contribution is 0.0671. The molecule has 2 rings (SSSR count). The van der Waals surface area contributed by atoms with Gasteiger partial charge in [0.25, 0.3) is 0 Å². The van der Waals surface area contributed by atoms with Crippen LogP contribution in [0.5, 0.6) is 0 Å². The molecule has 1 aliphatic rings. The Labute approximate surface area is 80.8 Å². The van der Waals surface area contributed by atoms with Gasteiger partial charge in [0, 0.05) is 12.0 Å². The summed E-state index contributed by atoms with van der Waals surface area (Å²) in [6.45, 7) is 2.60. The molecule has 0 atom stereocenters. The van der Waals surface area contributed by atoms with Crippen molar-refractivity contribution < 1.29 is 14.6 Å². The van der Waals surface area contributed by atoms with E-state index in [2.05, 4.69) is 9.97 Å². The molecule has 0 saturated carbocycles. The average Bonchev–Trinajstić information content (AvgIpc) is 2.16. The predicted octanol–water partition coefficient (Wildman–Crippen LogP) is 0.556. The molecule has 0 fully saturated rings. The fourth-order valence-electron chi connectivity index (χ4n) is 1.53. The summed E-state index contributed by atoms with van der Waals surface area (Å²) in [4.78, 5) is 19.0. The summed E-state index contributed by atoms with van der Waals surface area (Å²) in [6.07, 6.45) is 0.666. The molecule has 1 N–H and O–H groups in total. The van der Waals surface area contributed by atoms with Gasteiger partial charge in [0.05, 0.1) is 18.9 Å². The van der Waals surface area contributed by atoms with Gasteiger partial charge in [0.2, 0.25) is 0 Å². The number of nitrogens with zero attached hydrogens (tertiary/aromatic N) is 2. The molecule has 0 radical (unpaired) electrons. The summed E-state index contributed by atoms with van der Waals surface area (Å²) in [5.74, 6) is -0.514. The molecule has 1 aromatic rings. The van der Waals surface area contributed by atoms with E-state index in [0.717, 1.165) is 5.69 Å². The number of aryl methyl sites for hydroxylation is 1. The third-order valence-electron chi connectivity index (χ3n) is 2.14. The van der Waals surface area contributed by atoms with Crippen LogP contribution < -0.4 is 0 Å². The first-order chi connectivity index (χ1) is 6.68. The first-order valence-electron chi connectivity index (χ1n) is 4.36. The Kier molecular flexibility index (Phi) is 2.17. The maximum absolute atomic E-state index is 10.9. The van der Waals surface area contributed by atoms with Crippen LogP contribution in [0.15, 0.2) is 0 Å². The van der Waals surface area contributed by atoms with Gasteiger partial charge in [-0.25, -0.2) is 14.8 Å². The van der Waals surface area contributed by atoms with E-state index in [1.54, 1.807) is 6.92 Å². The molecule has 0 aromatic carbocycles. The van der Waals surface area contributed by atoms with Crippen LogP contribution in [-0.2, 0) is 17.8 Å². The van der Waals surface area contributed by atoms with Crippen LogP contribution in [0.1, 0.15) is 27.6 Å². The van der Waals surface area contributed by atoms with Gasteiger partial charge in [-0.1, -0.05) is 0 Å². The Morgan fingerprint density at radius 1 is 1.50 bits per heavy atom. The number of carboxylic acid groups (broad SMARTS) is 1. The lowest BCUT2D eigenvalue weighted by Crippen LogP contribution is -2.19. The van der Waals surface area contributed by atoms with Crippen LogP contribution in [0.4, 0.5) is 0 Å². The second-order valence-corrected chi connectivity index (χ2v) is 3.15. The van der Waals surface area contributed by atoms with Gasteiger partial charge >= 0.3 is 5.97 Å². The number of hydrogen-bond acceptors (Lipinski definition) is 4. The largest absolute Gasteiger partial charge is 0.476 e. The number of ether oxygens (including phenoxy) is 1. The highest BCUT2D eigenvalue weighted by Gasteiger charge is 2.20. The van der Waals surface area contributed by atoms with Gasteiger partial charge < -0.3 is 9.84 Å². The van der Waals surface area contributed by atoms with Crippen molar-refractivity contribution in [3.63, 3.8) is 0 Å². The topological polar surface area (TPSA) is 72.3 Å². The zero-order chi connectivity index (χ0) is 10.1. The van der Waals surface area contributed by atoms with Crippen molar-refractivity contribution in [2.24, 2.45) is 0 Å². The summed E-state index contributed by atoms with van der Waals surface area (Å²) in [6, 6.07) is 0. The molecule has 1 aromatic heterocycles. The van der Waals surface area contributed by atoms with E-state index in [1.165, 1.54) is 0 Å². The van der Waals surface area contributed by atoms with E-state index in [-0.39, 0.29) is 5.69 Å². The number of fused-ring (bicyclic) bond motifs is 1. The molecule has 0 saturated heterocycles. The lowest BCUT2D eigenvalue weighted by Gasteiger charge is -2.16. The highest BCUT2D eigenvalue weighted by Crippen LogP contribution is 2.17. The molecular formula is C9H10N2O3. The Hall–Kier alpha value is -1.49. The third kappa shape index (κ3) is 1.46. The zero-order valence-electron chi connectivity index (χ0n) is 7.78. The Morgan fingerprint density at radius 3 is 3.00 bits per heavy atom. The molecule has 0 unspecified atom stereocenters. The van der Waals surface area contributed by atoms with Crippen LogP contribution in [0.2, 0.25) is 0 Å². The summed E-state index contributed by atoms with van der Waals surface area (Å²) < 4.78 is 5.18. The van der Waals surface area contributed by atoms with Crippen LogP contribution in [0.3, 0.4) is 0 Å². The van der Waals surface area contributed by atoms with Crippen molar-refractivity contribution in [3.05, 3.63) is 22.8 Å². The number of aromatic carboxylic acids is 1. The van der Waals surface area contributed by atoms with Crippen molar-refractivity contribution in [1.82, 2.24) is 9.97 Å². The smallest absolute Gasteiger partial charge is 0.355 e. The fourth-order valence-corrected chi connectivity index (χ4v) is 1.53. The molecule has 0 aliphatic carbocycles. The second-order valence-electron chi connectivity index (χ2n) is 3.15. The first kappa shape index (κ1) is 9.08. The number of carbonyl (C=O) groups is 1. The van der Waals surface area contributed by atoms with Gasteiger partial charge in [-0.15, -0.1) is 0 Å². The van der Waals surface area contributed by atoms with E-state index in [9.17, 15) is 4.79 Å². The Balaban J connectivity index is 2.58. The molecule has 2 heterocycles. The van der Waals surface area contributed by atoms with Crippen molar-refractivity contribution in [1.29, 1.82) is 0 Å². The van der Waals surface area contributed by atoms with Crippen molar-refractivity contribution in [3.8, 4) is 0 Å². The van der Waals surface area contributed by atoms with Gasteiger partial charge in [0.1, 0.15) is 5.82 Å². The molecule has 1 aliphatic heterocycles. The minimum absolute atomic E-state index is 0.0761. The third-order valence-corrected chi connectivity index (χ3v) is 2.14. The van der Waals surface area contributed by atoms with Crippen LogP contribution in [-0.4, -0.2) is 27.7 Å². The summed E-state index contributed by atoms with van der Waals surface area (Å²) in [7, 11) is 0. The van der Waals surface area contributed by atoms with E-state index < -0.39 is 5.97 Å². The van der Waals surface area contributed by atoms with Crippen LogP contribution >= 0.6 is 0 Å². The predicted molar refractivity (Wildman–Crippen MR) is 47.1 cm³/mol. The average molecular weight is 194 g/mol. The van der Waals surface area contributed by atoms with Crippen molar-refractivity contribution in [2.45, 2.75) is 20.0 Å². The maximum atomic E-state index is 10.9. The summed E-state index contributed by atoms with van der Waals surface area (Å²) >= 11 is 0. The quantitative estimate of drug-likeness (QED) is 0.707. The van der Waals surface area contributed by atoms with Gasteiger partial charge in [0.15, 0.2) is 5.69 Å². The molecule has 74 valence electrons. The number of carboxylic acids is 1. The lowest BCUT2D eigenvalue weighted by atomic mass is 10.1. The number of aromatic nitrogens is 2. The number of hydrogen-bond donors (Lipinski definition) is 1. The second kappa shape index (κ2) is 3.34. The summed E-state index contributed by atoms with van der Waals surface area (Å²) in [5.41, 5.74) is 1.50. The minimum Gasteiger partial charge on any atom is -0.476 e. The van der Waals surface area contributed by atoms with Gasteiger partial charge in [-0.2, -0.15) is 0 Å². The van der Waals surface area contributed by atoms with Crippen molar-refractivity contribution in [2.75, 3.05) is 6.61 Å². The molecule has 5 nitrogen and oxygen atoms in total. The van der Waals surface area contributed by atoms with E-state index in [1.807, 2.05) is 0 Å². The van der Waals surface area contributed by atoms with Crippen molar-refractivity contribution >= 4 is 5.97 Å². The Morgan fingerprint density at radius 2 is 2.29 bits per heavy atom. The van der Waals surface area contributed by atoms with Gasteiger partial charge in [-0.3, -0.25) is 0 Å². The van der Waals surface area contributed by atoms with Crippen LogP contribution in [0, 0.1) is 6.92 Å². The minimum atomic E-state index is -1.02. The van der Waals surface area contributed by atoms with E-state index in [0.29, 0.717) is 31.0 Å². The molecule has 5 heteroatoms. The highest BCUT2D eigenvalue weighted by molar-refractivity contribution is 5.87. The SMILES string of the molecule is Cc1nc2c(c(C(=O)O)n1)COCC2. The monoisotopic (exact) mass is 194 g/mol. The Bertz CT molecular complexity index is 390. The van der Waals surface area contributed by atoms with Gasteiger partial charge in [-0.05, 0) is 6.92 Å². The zero-order valence-corrected chi connectivity index (χ0v) is 7.78. The normalized spacial score (nSPS) is 14.9. The summed E-state index contributed by atoms with van der Waals surface area (Å²) in [5, 5.41) is 8.92.